The largest absolute Gasteiger partial charge is 0.342 e. The summed E-state index contributed by atoms with van der Waals surface area (Å²) >= 11 is 0. The summed E-state index contributed by atoms with van der Waals surface area (Å²) in [7, 11) is -1.26. The number of hydrogen-bond acceptors (Lipinski definition) is 5. The normalized spacial score (nSPS) is 20.3. The van der Waals surface area contributed by atoms with E-state index >= 15 is 0 Å². The van der Waals surface area contributed by atoms with Crippen molar-refractivity contribution in [1.29, 1.82) is 0 Å². The van der Waals surface area contributed by atoms with Crippen LogP contribution in [-0.2, 0) is 21.2 Å². The van der Waals surface area contributed by atoms with Crippen LogP contribution in [0.5, 0.6) is 0 Å². The van der Waals surface area contributed by atoms with E-state index in [1.54, 1.807) is 24.3 Å². The number of nitrogens with zero attached hydrogens (tertiary/aromatic N) is 2. The maximum Gasteiger partial charge on any atom is 0.223 e. The van der Waals surface area contributed by atoms with Crippen molar-refractivity contribution < 1.29 is 13.2 Å². The zero-order valence-corrected chi connectivity index (χ0v) is 13.0. The lowest BCUT2D eigenvalue weighted by atomic mass is 10.2. The van der Waals surface area contributed by atoms with Gasteiger partial charge in [-0.1, -0.05) is 6.07 Å². The maximum atomic E-state index is 12.0. The molecule has 7 heteroatoms. The molecule has 21 heavy (non-hydrogen) atoms. The molecule has 1 aromatic rings. The highest BCUT2D eigenvalue weighted by molar-refractivity contribution is 7.91. The molecule has 1 aromatic heterocycles. The molecule has 2 heterocycles. The Morgan fingerprint density at radius 2 is 2.33 bits per heavy atom. The van der Waals surface area contributed by atoms with Crippen LogP contribution in [0.15, 0.2) is 24.5 Å². The zero-order chi connectivity index (χ0) is 15.3. The van der Waals surface area contributed by atoms with Crippen molar-refractivity contribution in [2.24, 2.45) is 0 Å². The molecule has 1 saturated heterocycles. The lowest BCUT2D eigenvalue weighted by molar-refractivity contribution is -0.131. The number of hydrogen-bond donors (Lipinski definition) is 1. The molecule has 0 aliphatic carbocycles. The number of rotatable bonds is 6. The van der Waals surface area contributed by atoms with Gasteiger partial charge in [-0.2, -0.15) is 0 Å². The molecule has 0 spiro atoms. The van der Waals surface area contributed by atoms with Crippen molar-refractivity contribution in [1.82, 2.24) is 15.2 Å². The fourth-order valence-corrected chi connectivity index (χ4v) is 4.17. The molecule has 1 N–H and O–H groups in total. The first kappa shape index (κ1) is 15.9. The van der Waals surface area contributed by atoms with Crippen LogP contribution in [0, 0.1) is 0 Å². The van der Waals surface area contributed by atoms with Gasteiger partial charge in [0, 0.05) is 45.0 Å². The average molecular weight is 311 g/mol. The van der Waals surface area contributed by atoms with Crippen LogP contribution in [0.4, 0.5) is 0 Å². The number of pyridine rings is 1. The number of nitrogens with one attached hydrogen (secondary N) is 1. The topological polar surface area (TPSA) is 79.4 Å². The Hall–Kier alpha value is -1.47. The molecule has 1 amide bonds. The van der Waals surface area contributed by atoms with Crippen LogP contribution in [0.2, 0.25) is 0 Å². The first-order chi connectivity index (χ1) is 9.98. The van der Waals surface area contributed by atoms with Crippen molar-refractivity contribution in [2.45, 2.75) is 25.4 Å². The standard InChI is InChI=1S/C14H21N3O3S/c1-17(13-5-8-21(19,20)11-13)14(18)4-7-16-10-12-3-2-6-15-9-12/h2-3,6,9,13,16H,4-5,7-8,10-11H2,1H3. The Kier molecular flexibility index (Phi) is 5.30. The van der Waals surface area contributed by atoms with Gasteiger partial charge in [-0.05, 0) is 18.1 Å². The second kappa shape index (κ2) is 7.00. The van der Waals surface area contributed by atoms with Crippen molar-refractivity contribution in [3.05, 3.63) is 30.1 Å². The summed E-state index contributed by atoms with van der Waals surface area (Å²) < 4.78 is 22.9. The van der Waals surface area contributed by atoms with Gasteiger partial charge >= 0.3 is 0 Å². The van der Waals surface area contributed by atoms with Gasteiger partial charge in [0.05, 0.1) is 11.5 Å². The van der Waals surface area contributed by atoms with E-state index in [1.807, 2.05) is 12.1 Å². The van der Waals surface area contributed by atoms with E-state index in [4.69, 9.17) is 0 Å². The molecule has 116 valence electrons. The number of amides is 1. The molecule has 0 bridgehead atoms. The SMILES string of the molecule is CN(C(=O)CCNCc1cccnc1)C1CCS(=O)(=O)C1. The summed E-state index contributed by atoms with van der Waals surface area (Å²) in [6.45, 7) is 1.24. The van der Waals surface area contributed by atoms with Gasteiger partial charge in [0.1, 0.15) is 0 Å². The van der Waals surface area contributed by atoms with E-state index in [0.29, 0.717) is 25.9 Å². The predicted molar refractivity (Wildman–Crippen MR) is 80.4 cm³/mol. The molecular weight excluding hydrogens is 290 g/mol. The molecule has 0 radical (unpaired) electrons. The number of carbonyl (C=O) groups is 1. The first-order valence-electron chi connectivity index (χ1n) is 7.03. The molecular formula is C14H21N3O3S. The molecule has 0 aromatic carbocycles. The summed E-state index contributed by atoms with van der Waals surface area (Å²) in [4.78, 5) is 17.6. The molecule has 6 nitrogen and oxygen atoms in total. The Morgan fingerprint density at radius 3 is 2.95 bits per heavy atom. The van der Waals surface area contributed by atoms with Gasteiger partial charge in [-0.15, -0.1) is 0 Å². The number of sulfone groups is 1. The highest BCUT2D eigenvalue weighted by Crippen LogP contribution is 2.16. The Balaban J connectivity index is 1.70. The lowest BCUT2D eigenvalue weighted by Gasteiger charge is -2.23. The molecule has 0 saturated carbocycles. The van der Waals surface area contributed by atoms with E-state index in [9.17, 15) is 13.2 Å². The van der Waals surface area contributed by atoms with Gasteiger partial charge in [0.15, 0.2) is 9.84 Å². The Bertz CT molecular complexity index is 574. The maximum absolute atomic E-state index is 12.0. The van der Waals surface area contributed by atoms with Crippen LogP contribution >= 0.6 is 0 Å². The Labute approximate surface area is 125 Å². The van der Waals surface area contributed by atoms with Gasteiger partial charge in [0.2, 0.25) is 5.91 Å². The van der Waals surface area contributed by atoms with E-state index in [0.717, 1.165) is 5.56 Å². The first-order valence-corrected chi connectivity index (χ1v) is 8.86. The molecule has 2 rings (SSSR count). The second-order valence-electron chi connectivity index (χ2n) is 5.35. The fourth-order valence-electron chi connectivity index (χ4n) is 2.39. The van der Waals surface area contributed by atoms with Gasteiger partial charge in [0.25, 0.3) is 0 Å². The predicted octanol–water partition coefficient (Wildman–Crippen LogP) is 0.207. The summed E-state index contributed by atoms with van der Waals surface area (Å²) in [6, 6.07) is 3.68. The highest BCUT2D eigenvalue weighted by atomic mass is 32.2. The van der Waals surface area contributed by atoms with Crippen LogP contribution < -0.4 is 5.32 Å². The van der Waals surface area contributed by atoms with E-state index in [1.165, 1.54) is 0 Å². The minimum Gasteiger partial charge on any atom is -0.342 e. The summed E-state index contributed by atoms with van der Waals surface area (Å²) in [5, 5.41) is 3.19. The third-order valence-electron chi connectivity index (χ3n) is 3.72. The van der Waals surface area contributed by atoms with Crippen molar-refractivity contribution in [3.63, 3.8) is 0 Å². The van der Waals surface area contributed by atoms with Crippen molar-refractivity contribution >= 4 is 15.7 Å². The lowest BCUT2D eigenvalue weighted by Crippen LogP contribution is -2.39. The highest BCUT2D eigenvalue weighted by Gasteiger charge is 2.32. The third-order valence-corrected chi connectivity index (χ3v) is 5.47. The second-order valence-corrected chi connectivity index (χ2v) is 7.58. The van der Waals surface area contributed by atoms with Crippen LogP contribution in [-0.4, -0.2) is 55.3 Å². The van der Waals surface area contributed by atoms with Gasteiger partial charge < -0.3 is 10.2 Å². The van der Waals surface area contributed by atoms with E-state index < -0.39 is 9.84 Å². The molecule has 1 unspecified atom stereocenters. The number of aromatic nitrogens is 1. The van der Waals surface area contributed by atoms with Crippen molar-refractivity contribution in [3.8, 4) is 0 Å². The van der Waals surface area contributed by atoms with E-state index in [2.05, 4.69) is 10.3 Å². The summed E-state index contributed by atoms with van der Waals surface area (Å²) in [5.41, 5.74) is 1.07. The van der Waals surface area contributed by atoms with Crippen molar-refractivity contribution in [2.75, 3.05) is 25.1 Å². The van der Waals surface area contributed by atoms with E-state index in [-0.39, 0.29) is 23.5 Å². The molecule has 1 atom stereocenters. The molecule has 1 aliphatic heterocycles. The number of carbonyl (C=O) groups excluding carboxylic acids is 1. The monoisotopic (exact) mass is 311 g/mol. The smallest absolute Gasteiger partial charge is 0.223 e. The van der Waals surface area contributed by atoms with Crippen LogP contribution in [0.3, 0.4) is 0 Å². The summed E-state index contributed by atoms with van der Waals surface area (Å²) in [5.74, 6) is 0.267. The zero-order valence-electron chi connectivity index (χ0n) is 12.2. The molecule has 1 fully saturated rings. The average Bonchev–Trinajstić information content (AvgIpc) is 2.84. The van der Waals surface area contributed by atoms with Crippen LogP contribution in [0.1, 0.15) is 18.4 Å². The van der Waals surface area contributed by atoms with Gasteiger partial charge in [-0.3, -0.25) is 9.78 Å². The third kappa shape index (κ3) is 4.78. The van der Waals surface area contributed by atoms with Crippen LogP contribution in [0.25, 0.3) is 0 Å². The quantitative estimate of drug-likeness (QED) is 0.760. The molecule has 1 aliphatic rings. The summed E-state index contributed by atoms with van der Waals surface area (Å²) in [6.07, 6.45) is 4.42. The van der Waals surface area contributed by atoms with Gasteiger partial charge in [-0.25, -0.2) is 8.42 Å². The Morgan fingerprint density at radius 1 is 1.52 bits per heavy atom. The minimum atomic E-state index is -2.95. The fraction of sp³-hybridized carbons (Fsp3) is 0.571. The minimum absolute atomic E-state index is 0.0178.